The van der Waals surface area contributed by atoms with Gasteiger partial charge in [0.1, 0.15) is 12.4 Å². The minimum atomic E-state index is -0.313. The normalized spacial score (nSPS) is 16.4. The third-order valence-electron chi connectivity index (χ3n) is 5.27. The van der Waals surface area contributed by atoms with Gasteiger partial charge in [-0.25, -0.2) is 4.39 Å². The molecule has 1 atom stereocenters. The van der Waals surface area contributed by atoms with Crippen molar-refractivity contribution < 1.29 is 18.7 Å². The maximum absolute atomic E-state index is 13.9. The molecule has 0 aromatic heterocycles. The highest BCUT2D eigenvalue weighted by Crippen LogP contribution is 2.37. The van der Waals surface area contributed by atoms with Crippen LogP contribution in [0.4, 0.5) is 10.1 Å². The van der Waals surface area contributed by atoms with E-state index in [0.29, 0.717) is 22.0 Å². The molecule has 0 saturated carbocycles. The van der Waals surface area contributed by atoms with Crippen LogP contribution in [-0.2, 0) is 17.8 Å². The number of nitrogens with one attached hydrogen (secondary N) is 2. The number of methoxy groups -OCH3 is 1. The van der Waals surface area contributed by atoms with Gasteiger partial charge in [0.15, 0.2) is 17.0 Å². The second-order valence-corrected chi connectivity index (χ2v) is 9.90. The van der Waals surface area contributed by atoms with Gasteiger partial charge < -0.3 is 20.1 Å². The predicted octanol–water partition coefficient (Wildman–Crippen LogP) is 6.18. The summed E-state index contributed by atoms with van der Waals surface area (Å²) in [7, 11) is 1.55. The number of hydrogen-bond acceptors (Lipinski definition) is 5. The average Bonchev–Trinajstić information content (AvgIpc) is 3.17. The molecule has 8 heteroatoms. The van der Waals surface area contributed by atoms with E-state index in [0.717, 1.165) is 21.2 Å². The fraction of sp³-hybridized carbons (Fsp3) is 0.192. The molecule has 1 fully saturated rings. The Hall–Kier alpha value is -2.72. The summed E-state index contributed by atoms with van der Waals surface area (Å²) in [5.74, 6) is 0.601. The lowest BCUT2D eigenvalue weighted by Gasteiger charge is -2.14. The van der Waals surface area contributed by atoms with Crippen molar-refractivity contribution in [3.05, 3.63) is 91.6 Å². The Morgan fingerprint density at radius 1 is 1.18 bits per heavy atom. The van der Waals surface area contributed by atoms with Gasteiger partial charge in [-0.15, -0.1) is 0 Å². The minimum absolute atomic E-state index is 0.0876. The Labute approximate surface area is 216 Å². The molecule has 1 aliphatic rings. The Bertz CT molecular complexity index is 1220. The maximum Gasteiger partial charge on any atom is 0.260 e. The van der Waals surface area contributed by atoms with E-state index in [4.69, 9.17) is 9.47 Å². The maximum atomic E-state index is 13.9. The van der Waals surface area contributed by atoms with Crippen molar-refractivity contribution in [1.29, 1.82) is 0 Å². The van der Waals surface area contributed by atoms with Crippen LogP contribution in [0.3, 0.4) is 0 Å². The lowest BCUT2D eigenvalue weighted by molar-refractivity contribution is -0.116. The first-order valence-electron chi connectivity index (χ1n) is 10.7. The summed E-state index contributed by atoms with van der Waals surface area (Å²) in [5, 5.41) is 6.28. The third-order valence-corrected chi connectivity index (χ3v) is 7.10. The first-order valence-corrected chi connectivity index (χ1v) is 12.7. The summed E-state index contributed by atoms with van der Waals surface area (Å²) < 4.78 is 26.1. The zero-order valence-electron chi connectivity index (χ0n) is 18.7. The number of anilines is 1. The van der Waals surface area contributed by atoms with E-state index < -0.39 is 0 Å². The van der Waals surface area contributed by atoms with Crippen LogP contribution in [0.1, 0.15) is 23.6 Å². The Balaban J connectivity index is 1.48. The van der Waals surface area contributed by atoms with Crippen LogP contribution in [0.25, 0.3) is 6.08 Å². The second kappa shape index (κ2) is 11.1. The molecule has 3 aromatic rings. The van der Waals surface area contributed by atoms with Gasteiger partial charge in [0.2, 0.25) is 0 Å². The van der Waals surface area contributed by atoms with Crippen LogP contribution >= 0.6 is 34.4 Å². The number of thioether (sulfide) groups is 1. The van der Waals surface area contributed by atoms with Crippen LogP contribution in [0.2, 0.25) is 0 Å². The standard InChI is InChI=1S/C26H24FIN2O3S/c1-3-16-8-10-19(11-9-16)29-26-30-25(31)23(34-26)14-17-12-21(28)24(22(13-17)32-2)33-15-18-6-4-5-7-20(18)27/h4-14,26,29H,3,15H2,1-2H3,(H,30,31)/b23-14-/t26-/m0/s1. The van der Waals surface area contributed by atoms with Crippen molar-refractivity contribution >= 4 is 52.0 Å². The zero-order valence-corrected chi connectivity index (χ0v) is 21.7. The first kappa shape index (κ1) is 24.4. The fourth-order valence-corrected chi connectivity index (χ4v) is 5.20. The Kier molecular flexibility index (Phi) is 7.99. The number of benzene rings is 3. The molecule has 34 heavy (non-hydrogen) atoms. The summed E-state index contributed by atoms with van der Waals surface area (Å²) in [6.45, 7) is 2.20. The molecule has 1 aliphatic heterocycles. The quantitative estimate of drug-likeness (QED) is 0.243. The number of aryl methyl sites for hydroxylation is 1. The molecular formula is C26H24FIN2O3S. The molecule has 176 valence electrons. The van der Waals surface area contributed by atoms with Crippen LogP contribution in [0.5, 0.6) is 11.5 Å². The lowest BCUT2D eigenvalue weighted by Crippen LogP contribution is -2.30. The van der Waals surface area contributed by atoms with Crippen molar-refractivity contribution in [2.24, 2.45) is 0 Å². The van der Waals surface area contributed by atoms with Crippen LogP contribution < -0.4 is 20.1 Å². The van der Waals surface area contributed by atoms with Gasteiger partial charge in [-0.1, -0.05) is 49.0 Å². The molecule has 1 amide bonds. The summed E-state index contributed by atoms with van der Waals surface area (Å²) >= 11 is 3.58. The monoisotopic (exact) mass is 590 g/mol. The molecule has 5 nitrogen and oxygen atoms in total. The van der Waals surface area contributed by atoms with Gasteiger partial charge >= 0.3 is 0 Å². The van der Waals surface area contributed by atoms with Gasteiger partial charge in [0.05, 0.1) is 15.6 Å². The lowest BCUT2D eigenvalue weighted by atomic mass is 10.1. The van der Waals surface area contributed by atoms with Crippen LogP contribution in [-0.4, -0.2) is 18.5 Å². The smallest absolute Gasteiger partial charge is 0.260 e. The van der Waals surface area contributed by atoms with Gasteiger partial charge in [-0.2, -0.15) is 0 Å². The molecule has 4 rings (SSSR count). The summed E-state index contributed by atoms with van der Waals surface area (Å²) in [5.41, 5.74) is 3.23. The summed E-state index contributed by atoms with van der Waals surface area (Å²) in [6, 6.07) is 18.4. The molecule has 0 aliphatic carbocycles. The molecule has 0 spiro atoms. The predicted molar refractivity (Wildman–Crippen MR) is 143 cm³/mol. The van der Waals surface area contributed by atoms with Gasteiger partial charge in [0, 0.05) is 11.3 Å². The molecule has 0 bridgehead atoms. The van der Waals surface area contributed by atoms with Crippen LogP contribution in [0, 0.1) is 9.39 Å². The topological polar surface area (TPSA) is 59.6 Å². The fourth-order valence-electron chi connectivity index (χ4n) is 3.43. The zero-order chi connectivity index (χ0) is 24.1. The number of ether oxygens (including phenoxy) is 2. The van der Waals surface area contributed by atoms with E-state index in [2.05, 4.69) is 52.3 Å². The van der Waals surface area contributed by atoms with E-state index in [1.165, 1.54) is 23.4 Å². The largest absolute Gasteiger partial charge is 0.493 e. The van der Waals surface area contributed by atoms with E-state index in [1.807, 2.05) is 30.3 Å². The SMILES string of the molecule is CCc1ccc(N[C@H]2NC(=O)/C(=C/c3cc(I)c(OCc4ccccc4F)c(OC)c3)S2)cc1. The first-order chi connectivity index (χ1) is 16.5. The molecule has 1 heterocycles. The van der Waals surface area contributed by atoms with Gasteiger partial charge in [0.25, 0.3) is 5.91 Å². The number of amides is 1. The van der Waals surface area contributed by atoms with Gasteiger partial charge in [-0.3, -0.25) is 4.79 Å². The van der Waals surface area contributed by atoms with Crippen molar-refractivity contribution in [1.82, 2.24) is 5.32 Å². The number of rotatable bonds is 8. The number of hydrogen-bond donors (Lipinski definition) is 2. The third kappa shape index (κ3) is 5.85. The average molecular weight is 590 g/mol. The number of carbonyl (C=O) groups is 1. The molecule has 3 aromatic carbocycles. The second-order valence-electron chi connectivity index (χ2n) is 7.59. The molecule has 2 N–H and O–H groups in total. The van der Waals surface area contributed by atoms with Crippen molar-refractivity contribution in [2.45, 2.75) is 25.4 Å². The highest BCUT2D eigenvalue weighted by molar-refractivity contribution is 14.1. The highest BCUT2D eigenvalue weighted by Gasteiger charge is 2.27. The van der Waals surface area contributed by atoms with E-state index in [9.17, 15) is 9.18 Å². The summed E-state index contributed by atoms with van der Waals surface area (Å²) in [6.07, 6.45) is 2.81. The highest BCUT2D eigenvalue weighted by atomic mass is 127. The Morgan fingerprint density at radius 3 is 2.65 bits per heavy atom. The van der Waals surface area contributed by atoms with E-state index in [-0.39, 0.29) is 23.8 Å². The summed E-state index contributed by atoms with van der Waals surface area (Å²) in [4.78, 5) is 13.1. The molecule has 1 saturated heterocycles. The van der Waals surface area contributed by atoms with E-state index in [1.54, 1.807) is 25.3 Å². The minimum Gasteiger partial charge on any atom is -0.493 e. The van der Waals surface area contributed by atoms with Crippen LogP contribution in [0.15, 0.2) is 65.6 Å². The van der Waals surface area contributed by atoms with Crippen molar-refractivity contribution in [3.63, 3.8) is 0 Å². The van der Waals surface area contributed by atoms with Crippen molar-refractivity contribution in [3.8, 4) is 11.5 Å². The molecular weight excluding hydrogens is 566 g/mol. The Morgan fingerprint density at radius 2 is 1.94 bits per heavy atom. The van der Waals surface area contributed by atoms with Gasteiger partial charge in [-0.05, 0) is 76.5 Å². The molecule has 0 unspecified atom stereocenters. The molecule has 0 radical (unpaired) electrons. The van der Waals surface area contributed by atoms with Crippen molar-refractivity contribution in [2.75, 3.05) is 12.4 Å². The number of carbonyl (C=O) groups excluding carboxylic acids is 1. The van der Waals surface area contributed by atoms with E-state index >= 15 is 0 Å². The number of halogens is 2.